The Hall–Kier alpha value is -0.610. The maximum Gasteiger partial charge on any atom is 0.311 e. The van der Waals surface area contributed by atoms with Crippen LogP contribution in [0.25, 0.3) is 0 Å². The molecule has 0 aliphatic rings. The van der Waals surface area contributed by atoms with Crippen molar-refractivity contribution >= 4 is 5.97 Å². The lowest BCUT2D eigenvalue weighted by Crippen LogP contribution is -2.38. The minimum atomic E-state index is -0.567. The van der Waals surface area contributed by atoms with Crippen molar-refractivity contribution in [3.8, 4) is 0 Å². The molecule has 0 fully saturated rings. The van der Waals surface area contributed by atoms with Gasteiger partial charge < -0.3 is 14.9 Å². The van der Waals surface area contributed by atoms with E-state index in [0.717, 1.165) is 0 Å². The second kappa shape index (κ2) is 6.21. The Morgan fingerprint density at radius 2 is 1.50 bits per heavy atom. The van der Waals surface area contributed by atoms with Crippen molar-refractivity contribution in [2.45, 2.75) is 40.7 Å². The van der Waals surface area contributed by atoms with Crippen LogP contribution < -0.4 is 0 Å². The molecule has 0 aliphatic carbocycles. The topological polar surface area (TPSA) is 66.8 Å². The number of carbonyl (C=O) groups excluding carboxylic acids is 1. The molecule has 0 radical (unpaired) electrons. The molecule has 96 valence electrons. The fraction of sp³-hybridized carbons (Fsp3) is 0.917. The average Bonchev–Trinajstić information content (AvgIpc) is 2.21. The number of ether oxygens (including phenoxy) is 1. The highest BCUT2D eigenvalue weighted by molar-refractivity contribution is 5.75. The van der Waals surface area contributed by atoms with Crippen LogP contribution in [0.15, 0.2) is 0 Å². The quantitative estimate of drug-likeness (QED) is 0.699. The number of carbonyl (C=O) groups is 1. The highest BCUT2D eigenvalue weighted by atomic mass is 16.5. The molecule has 0 unspecified atom stereocenters. The Morgan fingerprint density at radius 1 is 1.12 bits per heavy atom. The van der Waals surface area contributed by atoms with Crippen LogP contribution in [-0.2, 0) is 9.53 Å². The molecular formula is C12H24O4. The van der Waals surface area contributed by atoms with Gasteiger partial charge in [0.15, 0.2) is 0 Å². The third-order valence-corrected chi connectivity index (χ3v) is 2.55. The van der Waals surface area contributed by atoms with Gasteiger partial charge in [-0.2, -0.15) is 0 Å². The summed E-state index contributed by atoms with van der Waals surface area (Å²) in [7, 11) is 0. The molecule has 2 N–H and O–H groups in total. The molecule has 4 nitrogen and oxygen atoms in total. The Labute approximate surface area is 97.6 Å². The summed E-state index contributed by atoms with van der Waals surface area (Å²) in [6.07, 6.45) is -0.443. The van der Waals surface area contributed by atoms with E-state index in [9.17, 15) is 4.79 Å². The van der Waals surface area contributed by atoms with E-state index in [0.29, 0.717) is 0 Å². The number of aliphatic hydroxyl groups is 2. The predicted molar refractivity (Wildman–Crippen MR) is 61.8 cm³/mol. The average molecular weight is 232 g/mol. The van der Waals surface area contributed by atoms with E-state index in [2.05, 4.69) is 0 Å². The van der Waals surface area contributed by atoms with E-state index in [-0.39, 0.29) is 31.0 Å². The van der Waals surface area contributed by atoms with Gasteiger partial charge in [0.1, 0.15) is 6.10 Å². The predicted octanol–water partition coefficient (Wildman–Crippen LogP) is 1.20. The lowest BCUT2D eigenvalue weighted by atomic mass is 9.92. The van der Waals surface area contributed by atoms with Crippen molar-refractivity contribution in [3.63, 3.8) is 0 Å². The van der Waals surface area contributed by atoms with Crippen LogP contribution >= 0.6 is 0 Å². The van der Waals surface area contributed by atoms with Gasteiger partial charge in [0, 0.05) is 25.0 Å². The second-order valence-electron chi connectivity index (χ2n) is 5.44. The molecule has 0 aliphatic heterocycles. The summed E-state index contributed by atoms with van der Waals surface area (Å²) < 4.78 is 5.36. The Balaban J connectivity index is 4.62. The maximum absolute atomic E-state index is 11.7. The molecule has 16 heavy (non-hydrogen) atoms. The van der Waals surface area contributed by atoms with Gasteiger partial charge in [0.25, 0.3) is 0 Å². The number of rotatable bonds is 5. The Bertz CT molecular complexity index is 210. The standard InChI is InChI=1S/C12H24O4/c1-8(6-13)10(9(2)7-14)16-11(15)12(3,4)5/h8-10,13-14H,6-7H2,1-5H3/t8-,9-/m1/s1. The molecule has 0 rings (SSSR count). The van der Waals surface area contributed by atoms with E-state index in [1.165, 1.54) is 0 Å². The zero-order valence-electron chi connectivity index (χ0n) is 10.9. The number of aliphatic hydroxyl groups excluding tert-OH is 2. The molecule has 0 aromatic heterocycles. The van der Waals surface area contributed by atoms with E-state index >= 15 is 0 Å². The third kappa shape index (κ3) is 4.49. The van der Waals surface area contributed by atoms with E-state index in [1.54, 1.807) is 34.6 Å². The van der Waals surface area contributed by atoms with Crippen LogP contribution in [0.1, 0.15) is 34.6 Å². The van der Waals surface area contributed by atoms with Crippen LogP contribution in [-0.4, -0.2) is 35.5 Å². The van der Waals surface area contributed by atoms with Gasteiger partial charge in [-0.3, -0.25) is 4.79 Å². The highest BCUT2D eigenvalue weighted by Gasteiger charge is 2.31. The number of hydrogen-bond donors (Lipinski definition) is 2. The van der Waals surface area contributed by atoms with Crippen LogP contribution in [0.2, 0.25) is 0 Å². The largest absolute Gasteiger partial charge is 0.461 e. The number of hydrogen-bond acceptors (Lipinski definition) is 4. The maximum atomic E-state index is 11.7. The van der Waals surface area contributed by atoms with Crippen molar-refractivity contribution in [1.82, 2.24) is 0 Å². The summed E-state index contributed by atoms with van der Waals surface area (Å²) in [5.41, 5.74) is -0.567. The zero-order chi connectivity index (χ0) is 12.9. The molecule has 2 atom stereocenters. The van der Waals surface area contributed by atoms with E-state index in [1.807, 2.05) is 0 Å². The van der Waals surface area contributed by atoms with Crippen molar-refractivity contribution in [2.75, 3.05) is 13.2 Å². The van der Waals surface area contributed by atoms with Gasteiger partial charge in [-0.25, -0.2) is 0 Å². The van der Waals surface area contributed by atoms with Gasteiger partial charge in [-0.05, 0) is 20.8 Å². The van der Waals surface area contributed by atoms with Gasteiger partial charge in [-0.1, -0.05) is 13.8 Å². The van der Waals surface area contributed by atoms with Crippen molar-refractivity contribution < 1.29 is 19.7 Å². The molecule has 4 heteroatoms. The Kier molecular flexibility index (Phi) is 5.97. The van der Waals surface area contributed by atoms with Gasteiger partial charge in [0.05, 0.1) is 5.41 Å². The number of esters is 1. The lowest BCUT2D eigenvalue weighted by molar-refractivity contribution is -0.166. The molecule has 0 heterocycles. The first-order valence-corrected chi connectivity index (χ1v) is 5.66. The molecule has 0 saturated heterocycles. The Morgan fingerprint density at radius 3 is 1.75 bits per heavy atom. The monoisotopic (exact) mass is 232 g/mol. The molecule has 0 spiro atoms. The summed E-state index contributed by atoms with van der Waals surface area (Å²) in [6, 6.07) is 0. The van der Waals surface area contributed by atoms with Crippen molar-refractivity contribution in [2.24, 2.45) is 17.3 Å². The molecule has 0 bridgehead atoms. The first-order valence-electron chi connectivity index (χ1n) is 5.66. The van der Waals surface area contributed by atoms with Crippen LogP contribution in [0.5, 0.6) is 0 Å². The fourth-order valence-electron chi connectivity index (χ4n) is 1.30. The van der Waals surface area contributed by atoms with Gasteiger partial charge in [0.2, 0.25) is 0 Å². The van der Waals surface area contributed by atoms with E-state index < -0.39 is 11.5 Å². The first-order chi connectivity index (χ1) is 7.23. The summed E-state index contributed by atoms with van der Waals surface area (Å²) >= 11 is 0. The summed E-state index contributed by atoms with van der Waals surface area (Å²) in [5.74, 6) is -0.653. The molecule has 0 saturated carbocycles. The summed E-state index contributed by atoms with van der Waals surface area (Å²) in [5, 5.41) is 18.2. The lowest BCUT2D eigenvalue weighted by Gasteiger charge is -2.30. The SMILES string of the molecule is C[C@H](CO)C(OC(=O)C(C)(C)C)[C@H](C)CO. The molecule has 0 aromatic rings. The van der Waals surface area contributed by atoms with Crippen molar-refractivity contribution in [3.05, 3.63) is 0 Å². The third-order valence-electron chi connectivity index (χ3n) is 2.55. The van der Waals surface area contributed by atoms with Crippen LogP contribution in [0, 0.1) is 17.3 Å². The minimum absolute atomic E-state index is 0.0631. The highest BCUT2D eigenvalue weighted by Crippen LogP contribution is 2.22. The normalized spacial score (nSPS) is 16.0. The summed E-state index contributed by atoms with van der Waals surface area (Å²) in [4.78, 5) is 11.7. The van der Waals surface area contributed by atoms with Gasteiger partial charge in [-0.15, -0.1) is 0 Å². The molecular weight excluding hydrogens is 208 g/mol. The van der Waals surface area contributed by atoms with E-state index in [4.69, 9.17) is 14.9 Å². The van der Waals surface area contributed by atoms with Gasteiger partial charge >= 0.3 is 5.97 Å². The van der Waals surface area contributed by atoms with Crippen molar-refractivity contribution in [1.29, 1.82) is 0 Å². The first kappa shape index (κ1) is 15.4. The minimum Gasteiger partial charge on any atom is -0.461 e. The molecule has 0 aromatic carbocycles. The van der Waals surface area contributed by atoms with Crippen LogP contribution in [0.4, 0.5) is 0 Å². The smallest absolute Gasteiger partial charge is 0.311 e. The fourth-order valence-corrected chi connectivity index (χ4v) is 1.30. The zero-order valence-corrected chi connectivity index (χ0v) is 10.9. The second-order valence-corrected chi connectivity index (χ2v) is 5.44. The van der Waals surface area contributed by atoms with Crippen LogP contribution in [0.3, 0.4) is 0 Å². The molecule has 0 amide bonds. The summed E-state index contributed by atoms with van der Waals surface area (Å²) in [6.45, 7) is 8.80.